The predicted molar refractivity (Wildman–Crippen MR) is 88.7 cm³/mol. The van der Waals surface area contributed by atoms with Crippen molar-refractivity contribution in [2.75, 3.05) is 11.9 Å². The molecule has 0 radical (unpaired) electrons. The molecule has 6 heteroatoms. The highest BCUT2D eigenvalue weighted by Crippen LogP contribution is 2.30. The quantitative estimate of drug-likeness (QED) is 0.784. The number of hydrogen-bond donors (Lipinski definition) is 1. The van der Waals surface area contributed by atoms with Gasteiger partial charge in [-0.15, -0.1) is 0 Å². The number of hydrogen-bond acceptors (Lipinski definition) is 3. The largest absolute Gasteiger partial charge is 0.369 e. The zero-order chi connectivity index (χ0) is 14.7. The number of aryl methyl sites for hydroxylation is 1. The lowest BCUT2D eigenvalue weighted by Gasteiger charge is -2.11. The highest BCUT2D eigenvalue weighted by Gasteiger charge is 2.11. The van der Waals surface area contributed by atoms with E-state index in [4.69, 9.17) is 23.2 Å². The minimum Gasteiger partial charge on any atom is -0.369 e. The molecule has 0 aliphatic carbocycles. The Labute approximate surface area is 136 Å². The monoisotopic (exact) mass is 373 g/mol. The van der Waals surface area contributed by atoms with E-state index in [1.807, 2.05) is 13.0 Å². The molecule has 1 N–H and O–H groups in total. The zero-order valence-electron chi connectivity index (χ0n) is 11.2. The van der Waals surface area contributed by atoms with Gasteiger partial charge >= 0.3 is 0 Å². The summed E-state index contributed by atoms with van der Waals surface area (Å²) >= 11 is 15.5. The molecule has 1 heterocycles. The fourth-order valence-corrected chi connectivity index (χ4v) is 2.30. The van der Waals surface area contributed by atoms with Gasteiger partial charge in [-0.2, -0.15) is 0 Å². The first-order chi connectivity index (χ1) is 9.52. The maximum Gasteiger partial charge on any atom is 0.161 e. The minimum atomic E-state index is 0.497. The van der Waals surface area contributed by atoms with Crippen LogP contribution in [0, 0.1) is 6.92 Å². The van der Waals surface area contributed by atoms with Crippen molar-refractivity contribution in [3.8, 4) is 11.4 Å². The van der Waals surface area contributed by atoms with Crippen LogP contribution in [0.15, 0.2) is 22.7 Å². The molecule has 0 aliphatic heterocycles. The van der Waals surface area contributed by atoms with Gasteiger partial charge in [0, 0.05) is 12.1 Å². The van der Waals surface area contributed by atoms with Crippen molar-refractivity contribution in [2.45, 2.75) is 20.3 Å². The highest BCUT2D eigenvalue weighted by atomic mass is 79.9. The summed E-state index contributed by atoms with van der Waals surface area (Å²) in [5.41, 5.74) is 1.72. The fourth-order valence-electron chi connectivity index (χ4n) is 1.68. The second-order valence-corrected chi connectivity index (χ2v) is 5.96. The third-order valence-corrected chi connectivity index (χ3v) is 4.43. The van der Waals surface area contributed by atoms with Crippen LogP contribution in [0.5, 0.6) is 0 Å². The second-order valence-electron chi connectivity index (χ2n) is 4.35. The van der Waals surface area contributed by atoms with Gasteiger partial charge in [-0.1, -0.05) is 30.1 Å². The zero-order valence-corrected chi connectivity index (χ0v) is 14.3. The average Bonchev–Trinajstić information content (AvgIpc) is 2.43. The van der Waals surface area contributed by atoms with Crippen LogP contribution in [0.1, 0.15) is 19.0 Å². The van der Waals surface area contributed by atoms with Crippen LogP contribution in [0.4, 0.5) is 5.82 Å². The van der Waals surface area contributed by atoms with Crippen molar-refractivity contribution >= 4 is 44.9 Å². The van der Waals surface area contributed by atoms with Crippen LogP contribution in [0.3, 0.4) is 0 Å². The number of anilines is 1. The molecule has 2 aromatic rings. The molecule has 2 rings (SSSR count). The first-order valence-electron chi connectivity index (χ1n) is 6.26. The number of nitrogens with zero attached hydrogens (tertiary/aromatic N) is 2. The molecule has 106 valence electrons. The number of rotatable bonds is 4. The van der Waals surface area contributed by atoms with E-state index >= 15 is 0 Å². The Balaban J connectivity index is 2.45. The summed E-state index contributed by atoms with van der Waals surface area (Å²) in [6.45, 7) is 4.90. The summed E-state index contributed by atoms with van der Waals surface area (Å²) in [7, 11) is 0. The second kappa shape index (κ2) is 6.74. The summed E-state index contributed by atoms with van der Waals surface area (Å²) in [5.74, 6) is 1.42. The van der Waals surface area contributed by atoms with Gasteiger partial charge in [0.05, 0.1) is 20.2 Å². The molecule has 0 saturated carbocycles. The Morgan fingerprint density at radius 2 is 1.95 bits per heavy atom. The van der Waals surface area contributed by atoms with Crippen molar-refractivity contribution in [3.63, 3.8) is 0 Å². The van der Waals surface area contributed by atoms with Crippen molar-refractivity contribution in [1.29, 1.82) is 0 Å². The lowest BCUT2D eigenvalue weighted by Crippen LogP contribution is -2.06. The summed E-state index contributed by atoms with van der Waals surface area (Å²) in [6, 6.07) is 5.38. The van der Waals surface area contributed by atoms with Crippen LogP contribution in [-0.4, -0.2) is 16.5 Å². The van der Waals surface area contributed by atoms with E-state index in [1.54, 1.807) is 12.1 Å². The molecule has 0 unspecified atom stereocenters. The lowest BCUT2D eigenvalue weighted by atomic mass is 10.2. The Morgan fingerprint density at radius 3 is 2.60 bits per heavy atom. The van der Waals surface area contributed by atoms with E-state index in [1.165, 1.54) is 0 Å². The van der Waals surface area contributed by atoms with Gasteiger partial charge in [-0.25, -0.2) is 9.97 Å². The molecule has 0 bridgehead atoms. The first kappa shape index (κ1) is 15.5. The van der Waals surface area contributed by atoms with E-state index in [0.717, 1.165) is 34.5 Å². The molecule has 0 saturated heterocycles. The van der Waals surface area contributed by atoms with E-state index in [2.05, 4.69) is 38.1 Å². The third-order valence-electron chi connectivity index (χ3n) is 2.74. The summed E-state index contributed by atoms with van der Waals surface area (Å²) in [4.78, 5) is 9.02. The van der Waals surface area contributed by atoms with Gasteiger partial charge in [-0.3, -0.25) is 0 Å². The molecule has 3 nitrogen and oxygen atoms in total. The van der Waals surface area contributed by atoms with Gasteiger partial charge in [0.25, 0.3) is 0 Å². The molecule has 20 heavy (non-hydrogen) atoms. The standard InChI is InChI=1S/C14H14BrCl2N3/c1-3-6-18-14-12(15)8(2)19-13(20-14)9-4-5-10(16)11(17)7-9/h4-5,7H,3,6H2,1-2H3,(H,18,19,20). The van der Waals surface area contributed by atoms with Crippen molar-refractivity contribution in [1.82, 2.24) is 9.97 Å². The lowest BCUT2D eigenvalue weighted by molar-refractivity contribution is 0.958. The maximum atomic E-state index is 6.05. The van der Waals surface area contributed by atoms with Crippen LogP contribution in [0.2, 0.25) is 10.0 Å². The smallest absolute Gasteiger partial charge is 0.161 e. The summed E-state index contributed by atoms with van der Waals surface area (Å²) < 4.78 is 0.884. The molecule has 0 aliphatic rings. The van der Waals surface area contributed by atoms with E-state index in [-0.39, 0.29) is 0 Å². The number of nitrogens with one attached hydrogen (secondary N) is 1. The normalized spacial score (nSPS) is 10.7. The minimum absolute atomic E-state index is 0.497. The van der Waals surface area contributed by atoms with Crippen LogP contribution in [-0.2, 0) is 0 Å². The highest BCUT2D eigenvalue weighted by molar-refractivity contribution is 9.10. The van der Waals surface area contributed by atoms with Gasteiger partial charge in [0.15, 0.2) is 5.82 Å². The number of halogens is 3. The Bertz CT molecular complexity index is 632. The Morgan fingerprint density at radius 1 is 1.20 bits per heavy atom. The number of aromatic nitrogens is 2. The van der Waals surface area contributed by atoms with Crippen molar-refractivity contribution < 1.29 is 0 Å². The van der Waals surface area contributed by atoms with E-state index < -0.39 is 0 Å². The van der Waals surface area contributed by atoms with Crippen molar-refractivity contribution in [2.24, 2.45) is 0 Å². The topological polar surface area (TPSA) is 37.8 Å². The molecule has 1 aromatic heterocycles. The van der Waals surface area contributed by atoms with Gasteiger partial charge in [-0.05, 0) is 47.5 Å². The van der Waals surface area contributed by atoms with Gasteiger partial charge in [0.1, 0.15) is 5.82 Å². The first-order valence-corrected chi connectivity index (χ1v) is 7.81. The average molecular weight is 375 g/mol. The summed E-state index contributed by atoms with van der Waals surface area (Å²) in [5, 5.41) is 4.30. The van der Waals surface area contributed by atoms with Gasteiger partial charge < -0.3 is 5.32 Å². The Hall–Kier alpha value is -0.840. The molecule has 0 fully saturated rings. The molecule has 0 amide bonds. The van der Waals surface area contributed by atoms with Gasteiger partial charge in [0.2, 0.25) is 0 Å². The predicted octanol–water partition coefficient (Wildman–Crippen LogP) is 5.34. The van der Waals surface area contributed by atoms with E-state index in [9.17, 15) is 0 Å². The fraction of sp³-hybridized carbons (Fsp3) is 0.286. The third kappa shape index (κ3) is 3.43. The number of benzene rings is 1. The molecule has 0 atom stereocenters. The SMILES string of the molecule is CCCNc1nc(-c2ccc(Cl)c(Cl)c2)nc(C)c1Br. The van der Waals surface area contributed by atoms with Crippen LogP contribution in [0.25, 0.3) is 11.4 Å². The molecular formula is C14H14BrCl2N3. The summed E-state index contributed by atoms with van der Waals surface area (Å²) in [6.07, 6.45) is 1.03. The van der Waals surface area contributed by atoms with Crippen LogP contribution >= 0.6 is 39.1 Å². The maximum absolute atomic E-state index is 6.05. The van der Waals surface area contributed by atoms with Crippen LogP contribution < -0.4 is 5.32 Å². The molecular weight excluding hydrogens is 361 g/mol. The molecule has 1 aromatic carbocycles. The molecule has 0 spiro atoms. The van der Waals surface area contributed by atoms with E-state index in [0.29, 0.717) is 15.9 Å². The van der Waals surface area contributed by atoms with Crippen molar-refractivity contribution in [3.05, 3.63) is 38.4 Å². The Kier molecular flexibility index (Phi) is 5.24.